The Bertz CT molecular complexity index is 608. The summed E-state index contributed by atoms with van der Waals surface area (Å²) in [5.41, 5.74) is 0.690. The van der Waals surface area contributed by atoms with Crippen LogP contribution in [0.5, 0.6) is 5.75 Å². The number of amides is 1. The number of carbonyl (C=O) groups is 1. The molecule has 0 aliphatic carbocycles. The van der Waals surface area contributed by atoms with E-state index in [9.17, 15) is 4.79 Å². The fourth-order valence-corrected chi connectivity index (χ4v) is 3.25. The highest BCUT2D eigenvalue weighted by Gasteiger charge is 2.35. The summed E-state index contributed by atoms with van der Waals surface area (Å²) in [5.74, 6) is 0.755. The number of pyridine rings is 1. The van der Waals surface area contributed by atoms with E-state index in [-0.39, 0.29) is 12.1 Å². The van der Waals surface area contributed by atoms with Crippen LogP contribution in [-0.2, 0) is 15.9 Å². The highest BCUT2D eigenvalue weighted by Crippen LogP contribution is 2.23. The van der Waals surface area contributed by atoms with Gasteiger partial charge in [-0.15, -0.1) is 0 Å². The first-order chi connectivity index (χ1) is 12.4. The lowest BCUT2D eigenvalue weighted by molar-refractivity contribution is -0.0141. The molecule has 6 heteroatoms. The SMILES string of the molecule is CC(C)(C)OC(=O)N1CCC1COc1cncc(CCC2CCCO2)c1. The molecule has 0 bridgehead atoms. The number of ether oxygens (including phenoxy) is 3. The Kier molecular flexibility index (Phi) is 6.01. The third-order valence-corrected chi connectivity index (χ3v) is 4.76. The molecule has 2 saturated heterocycles. The van der Waals surface area contributed by atoms with Crippen molar-refractivity contribution >= 4 is 6.09 Å². The van der Waals surface area contributed by atoms with E-state index < -0.39 is 5.60 Å². The van der Waals surface area contributed by atoms with Gasteiger partial charge in [-0.25, -0.2) is 4.79 Å². The number of aryl methyl sites for hydroxylation is 1. The van der Waals surface area contributed by atoms with Gasteiger partial charge in [0.05, 0.1) is 18.3 Å². The van der Waals surface area contributed by atoms with Crippen LogP contribution in [0.2, 0.25) is 0 Å². The van der Waals surface area contributed by atoms with Crippen LogP contribution < -0.4 is 4.74 Å². The van der Waals surface area contributed by atoms with Gasteiger partial charge in [0.2, 0.25) is 0 Å². The average molecular weight is 362 g/mol. The Morgan fingerprint density at radius 3 is 2.85 bits per heavy atom. The van der Waals surface area contributed by atoms with Gasteiger partial charge >= 0.3 is 6.09 Å². The minimum Gasteiger partial charge on any atom is -0.490 e. The molecule has 0 aromatic carbocycles. The predicted molar refractivity (Wildman–Crippen MR) is 98.4 cm³/mol. The van der Waals surface area contributed by atoms with Gasteiger partial charge in [0.1, 0.15) is 18.0 Å². The van der Waals surface area contributed by atoms with E-state index in [4.69, 9.17) is 14.2 Å². The smallest absolute Gasteiger partial charge is 0.410 e. The largest absolute Gasteiger partial charge is 0.490 e. The standard InChI is InChI=1S/C20H30N2O4/c1-20(2,3)26-19(23)22-9-8-16(22)14-25-18-11-15(12-21-13-18)6-7-17-5-4-10-24-17/h11-13,16-17H,4-10,14H2,1-3H3. The van der Waals surface area contributed by atoms with Gasteiger partial charge in [-0.2, -0.15) is 0 Å². The van der Waals surface area contributed by atoms with Gasteiger partial charge in [0, 0.05) is 19.3 Å². The lowest BCUT2D eigenvalue weighted by Crippen LogP contribution is -2.55. The maximum atomic E-state index is 12.2. The second-order valence-corrected chi connectivity index (χ2v) is 8.13. The fourth-order valence-electron chi connectivity index (χ4n) is 3.25. The van der Waals surface area contributed by atoms with Crippen molar-refractivity contribution in [1.82, 2.24) is 9.88 Å². The maximum absolute atomic E-state index is 12.2. The van der Waals surface area contributed by atoms with Crippen molar-refractivity contribution in [3.8, 4) is 5.75 Å². The Hall–Kier alpha value is -1.82. The number of hydrogen-bond acceptors (Lipinski definition) is 5. The number of hydrogen-bond donors (Lipinski definition) is 0. The molecule has 0 radical (unpaired) electrons. The van der Waals surface area contributed by atoms with Crippen molar-refractivity contribution in [3.63, 3.8) is 0 Å². The van der Waals surface area contributed by atoms with Gasteiger partial charge in [-0.3, -0.25) is 4.98 Å². The first-order valence-electron chi connectivity index (χ1n) is 9.59. The first-order valence-corrected chi connectivity index (χ1v) is 9.59. The maximum Gasteiger partial charge on any atom is 0.410 e. The van der Waals surface area contributed by atoms with E-state index in [1.165, 1.54) is 6.42 Å². The van der Waals surface area contributed by atoms with Gasteiger partial charge in [-0.05, 0) is 64.5 Å². The van der Waals surface area contributed by atoms with Gasteiger partial charge in [-0.1, -0.05) is 0 Å². The van der Waals surface area contributed by atoms with Crippen molar-refractivity contribution in [1.29, 1.82) is 0 Å². The summed E-state index contributed by atoms with van der Waals surface area (Å²) in [7, 11) is 0. The molecule has 2 fully saturated rings. The van der Waals surface area contributed by atoms with Crippen LogP contribution in [0.25, 0.3) is 0 Å². The highest BCUT2D eigenvalue weighted by atomic mass is 16.6. The summed E-state index contributed by atoms with van der Waals surface area (Å²) in [5, 5.41) is 0. The summed E-state index contributed by atoms with van der Waals surface area (Å²) in [6, 6.07) is 2.11. The van der Waals surface area contributed by atoms with Crippen LogP contribution >= 0.6 is 0 Å². The molecule has 0 spiro atoms. The number of nitrogens with zero attached hydrogens (tertiary/aromatic N) is 2. The summed E-state index contributed by atoms with van der Waals surface area (Å²) < 4.78 is 17.0. The molecule has 1 aromatic rings. The number of likely N-dealkylation sites (tertiary alicyclic amines) is 1. The zero-order valence-corrected chi connectivity index (χ0v) is 16.1. The summed E-state index contributed by atoms with van der Waals surface area (Å²) >= 11 is 0. The Morgan fingerprint density at radius 2 is 2.19 bits per heavy atom. The van der Waals surface area contributed by atoms with Gasteiger partial charge in [0.25, 0.3) is 0 Å². The van der Waals surface area contributed by atoms with E-state index in [1.807, 2.05) is 33.0 Å². The van der Waals surface area contributed by atoms with Crippen LogP contribution in [0.3, 0.4) is 0 Å². The Balaban J connectivity index is 1.45. The summed E-state index contributed by atoms with van der Waals surface area (Å²) in [4.78, 5) is 18.2. The zero-order valence-electron chi connectivity index (χ0n) is 16.1. The normalized spacial score (nSPS) is 22.8. The third kappa shape index (κ3) is 5.34. The molecule has 3 heterocycles. The van der Waals surface area contributed by atoms with Crippen molar-refractivity contribution < 1.29 is 19.0 Å². The molecular formula is C20H30N2O4. The Morgan fingerprint density at radius 1 is 1.35 bits per heavy atom. The quantitative estimate of drug-likeness (QED) is 0.774. The molecule has 1 amide bonds. The van der Waals surface area contributed by atoms with Crippen LogP contribution in [0.4, 0.5) is 4.79 Å². The van der Waals surface area contributed by atoms with E-state index in [0.717, 1.165) is 50.1 Å². The van der Waals surface area contributed by atoms with Crippen LogP contribution in [0, 0.1) is 0 Å². The van der Waals surface area contributed by atoms with Crippen molar-refractivity contribution in [3.05, 3.63) is 24.0 Å². The molecule has 26 heavy (non-hydrogen) atoms. The summed E-state index contributed by atoms with van der Waals surface area (Å²) in [6.45, 7) is 7.72. The molecule has 0 saturated carbocycles. The molecule has 2 unspecified atom stereocenters. The topological polar surface area (TPSA) is 60.9 Å². The van der Waals surface area contributed by atoms with Crippen LogP contribution in [0.1, 0.15) is 52.0 Å². The molecule has 2 aliphatic heterocycles. The minimum atomic E-state index is -0.473. The fraction of sp³-hybridized carbons (Fsp3) is 0.700. The number of carbonyl (C=O) groups excluding carboxylic acids is 1. The Labute approximate surface area is 155 Å². The number of rotatable bonds is 6. The molecule has 1 aromatic heterocycles. The van der Waals surface area contributed by atoms with Crippen molar-refractivity contribution in [2.45, 2.75) is 70.6 Å². The van der Waals surface area contributed by atoms with Gasteiger partial charge < -0.3 is 19.1 Å². The van der Waals surface area contributed by atoms with E-state index in [2.05, 4.69) is 4.98 Å². The molecule has 2 atom stereocenters. The van der Waals surface area contributed by atoms with E-state index in [1.54, 1.807) is 11.1 Å². The zero-order chi connectivity index (χ0) is 18.6. The monoisotopic (exact) mass is 362 g/mol. The lowest BCUT2D eigenvalue weighted by atomic mass is 10.1. The second kappa shape index (κ2) is 8.25. The first kappa shape index (κ1) is 19.0. The molecule has 6 nitrogen and oxygen atoms in total. The highest BCUT2D eigenvalue weighted by molar-refractivity contribution is 5.69. The average Bonchev–Trinajstić information content (AvgIpc) is 3.04. The molecular weight excluding hydrogens is 332 g/mol. The number of aromatic nitrogens is 1. The molecule has 144 valence electrons. The predicted octanol–water partition coefficient (Wildman–Crippen LogP) is 3.58. The molecule has 2 aliphatic rings. The van der Waals surface area contributed by atoms with Crippen molar-refractivity contribution in [2.24, 2.45) is 0 Å². The van der Waals surface area contributed by atoms with Crippen molar-refractivity contribution in [2.75, 3.05) is 19.8 Å². The second-order valence-electron chi connectivity index (χ2n) is 8.13. The van der Waals surface area contributed by atoms with Gasteiger partial charge in [0.15, 0.2) is 0 Å². The third-order valence-electron chi connectivity index (χ3n) is 4.76. The van der Waals surface area contributed by atoms with Crippen LogP contribution in [-0.4, -0.2) is 53.5 Å². The summed E-state index contributed by atoms with van der Waals surface area (Å²) in [6.07, 6.45) is 8.98. The molecule has 0 N–H and O–H groups in total. The van der Waals surface area contributed by atoms with E-state index in [0.29, 0.717) is 12.7 Å². The van der Waals surface area contributed by atoms with E-state index >= 15 is 0 Å². The molecule has 3 rings (SSSR count). The van der Waals surface area contributed by atoms with Crippen LogP contribution in [0.15, 0.2) is 18.5 Å². The lowest BCUT2D eigenvalue weighted by Gasteiger charge is -2.40. The minimum absolute atomic E-state index is 0.0698.